The molecular formula is C10H14ClN3O2. The van der Waals surface area contributed by atoms with Crippen molar-refractivity contribution in [3.8, 4) is 0 Å². The van der Waals surface area contributed by atoms with Crippen LogP contribution in [-0.2, 0) is 6.54 Å². The topological polar surface area (TPSA) is 58.1 Å². The van der Waals surface area contributed by atoms with Crippen LogP contribution in [0.2, 0.25) is 5.15 Å². The molecule has 0 unspecified atom stereocenters. The summed E-state index contributed by atoms with van der Waals surface area (Å²) in [5, 5.41) is 0.0902. The van der Waals surface area contributed by atoms with Gasteiger partial charge in [0.25, 0.3) is 5.56 Å². The second-order valence-electron chi connectivity index (χ2n) is 3.96. The van der Waals surface area contributed by atoms with E-state index in [1.807, 2.05) is 0 Å². The molecule has 0 atom stereocenters. The van der Waals surface area contributed by atoms with Gasteiger partial charge in [-0.05, 0) is 25.9 Å². The fraction of sp³-hybridized carbons (Fsp3) is 0.600. The van der Waals surface area contributed by atoms with Crippen LogP contribution in [0.1, 0.15) is 12.8 Å². The van der Waals surface area contributed by atoms with Crippen LogP contribution < -0.4 is 11.2 Å². The summed E-state index contributed by atoms with van der Waals surface area (Å²) in [7, 11) is 0. The summed E-state index contributed by atoms with van der Waals surface area (Å²) in [6, 6.07) is 1.23. The van der Waals surface area contributed by atoms with E-state index in [-0.39, 0.29) is 10.7 Å². The zero-order chi connectivity index (χ0) is 11.5. The van der Waals surface area contributed by atoms with Crippen LogP contribution in [0.5, 0.6) is 0 Å². The lowest BCUT2D eigenvalue weighted by Gasteiger charge is -2.14. The van der Waals surface area contributed by atoms with Crippen LogP contribution in [0.25, 0.3) is 0 Å². The van der Waals surface area contributed by atoms with Crippen molar-refractivity contribution in [3.05, 3.63) is 32.1 Å². The van der Waals surface area contributed by atoms with Gasteiger partial charge in [-0.25, -0.2) is 4.79 Å². The Morgan fingerprint density at radius 2 is 1.94 bits per heavy atom. The molecule has 0 bridgehead atoms. The number of likely N-dealkylation sites (tertiary alicyclic amines) is 1. The van der Waals surface area contributed by atoms with Crippen molar-refractivity contribution in [2.45, 2.75) is 19.4 Å². The highest BCUT2D eigenvalue weighted by molar-refractivity contribution is 6.29. The summed E-state index contributed by atoms with van der Waals surface area (Å²) in [4.78, 5) is 27.6. The Kier molecular flexibility index (Phi) is 3.46. The summed E-state index contributed by atoms with van der Waals surface area (Å²) in [6.45, 7) is 3.27. The van der Waals surface area contributed by atoms with Gasteiger partial charge in [-0.3, -0.25) is 14.3 Å². The normalized spacial score (nSPS) is 16.8. The predicted octanol–water partition coefficient (Wildman–Crippen LogP) is 0.286. The number of aromatic amines is 1. The largest absolute Gasteiger partial charge is 0.329 e. The lowest BCUT2D eigenvalue weighted by atomic mass is 10.4. The number of hydrogen-bond acceptors (Lipinski definition) is 3. The lowest BCUT2D eigenvalue weighted by Crippen LogP contribution is -2.38. The van der Waals surface area contributed by atoms with Crippen molar-refractivity contribution in [2.75, 3.05) is 19.6 Å². The minimum atomic E-state index is -0.434. The fourth-order valence-corrected chi connectivity index (χ4v) is 2.13. The highest BCUT2D eigenvalue weighted by atomic mass is 35.5. The second kappa shape index (κ2) is 4.84. The molecule has 0 radical (unpaired) electrons. The Bertz CT molecular complexity index is 442. The maximum Gasteiger partial charge on any atom is 0.329 e. The molecule has 5 nitrogen and oxygen atoms in total. The average Bonchev–Trinajstić information content (AvgIpc) is 2.68. The molecule has 1 aliphatic heterocycles. The summed E-state index contributed by atoms with van der Waals surface area (Å²) >= 11 is 5.57. The number of nitrogens with zero attached hydrogens (tertiary/aromatic N) is 2. The zero-order valence-corrected chi connectivity index (χ0v) is 9.66. The van der Waals surface area contributed by atoms with Crippen molar-refractivity contribution in [1.82, 2.24) is 14.5 Å². The number of hydrogen-bond donors (Lipinski definition) is 1. The Morgan fingerprint density at radius 1 is 1.25 bits per heavy atom. The summed E-state index contributed by atoms with van der Waals surface area (Å²) in [5.74, 6) is 0. The van der Waals surface area contributed by atoms with E-state index in [4.69, 9.17) is 11.6 Å². The molecular weight excluding hydrogens is 230 g/mol. The molecule has 0 aliphatic carbocycles. The molecule has 88 valence electrons. The number of halogens is 1. The maximum absolute atomic E-state index is 11.5. The van der Waals surface area contributed by atoms with Crippen molar-refractivity contribution in [1.29, 1.82) is 0 Å². The number of rotatable bonds is 3. The van der Waals surface area contributed by atoms with Gasteiger partial charge in [-0.15, -0.1) is 0 Å². The van der Waals surface area contributed by atoms with E-state index in [0.29, 0.717) is 6.54 Å². The van der Waals surface area contributed by atoms with Crippen LogP contribution >= 0.6 is 11.6 Å². The first-order valence-corrected chi connectivity index (χ1v) is 5.76. The number of H-pyrrole nitrogens is 1. The predicted molar refractivity (Wildman–Crippen MR) is 62.0 cm³/mol. The Balaban J connectivity index is 2.09. The lowest BCUT2D eigenvalue weighted by molar-refractivity contribution is 0.318. The standard InChI is InChI=1S/C10H14ClN3O2/c11-8-7-9(15)14(10(16)12-8)6-5-13-3-1-2-4-13/h7H,1-6H2,(H,12,16). The third-order valence-electron chi connectivity index (χ3n) is 2.83. The van der Waals surface area contributed by atoms with Crippen molar-refractivity contribution >= 4 is 11.6 Å². The van der Waals surface area contributed by atoms with Crippen molar-refractivity contribution in [3.63, 3.8) is 0 Å². The Labute approximate surface area is 97.7 Å². The van der Waals surface area contributed by atoms with Gasteiger partial charge >= 0.3 is 5.69 Å². The molecule has 0 amide bonds. The quantitative estimate of drug-likeness (QED) is 0.777. The van der Waals surface area contributed by atoms with Crippen LogP contribution in [0.4, 0.5) is 0 Å². The molecule has 16 heavy (non-hydrogen) atoms. The van der Waals surface area contributed by atoms with Gasteiger partial charge in [0.2, 0.25) is 0 Å². The molecule has 0 saturated carbocycles. The zero-order valence-electron chi connectivity index (χ0n) is 8.91. The third kappa shape index (κ3) is 2.54. The molecule has 1 fully saturated rings. The van der Waals surface area contributed by atoms with Crippen molar-refractivity contribution < 1.29 is 0 Å². The molecule has 0 spiro atoms. The maximum atomic E-state index is 11.5. The first-order valence-electron chi connectivity index (χ1n) is 5.39. The Hall–Kier alpha value is -1.07. The fourth-order valence-electron chi connectivity index (χ4n) is 1.95. The first kappa shape index (κ1) is 11.4. The molecule has 1 aromatic rings. The molecule has 1 saturated heterocycles. The van der Waals surface area contributed by atoms with Gasteiger partial charge < -0.3 is 4.90 Å². The van der Waals surface area contributed by atoms with Crippen LogP contribution in [-0.4, -0.2) is 34.1 Å². The molecule has 1 N–H and O–H groups in total. The SMILES string of the molecule is O=c1cc(Cl)[nH]c(=O)n1CCN1CCCC1. The van der Waals surface area contributed by atoms with Crippen molar-refractivity contribution in [2.24, 2.45) is 0 Å². The van der Waals surface area contributed by atoms with Crippen LogP contribution in [0.15, 0.2) is 15.7 Å². The second-order valence-corrected chi connectivity index (χ2v) is 4.37. The molecule has 0 aromatic carbocycles. The van der Waals surface area contributed by atoms with E-state index in [1.54, 1.807) is 0 Å². The summed E-state index contributed by atoms with van der Waals surface area (Å²) in [5.41, 5.74) is -0.773. The van der Waals surface area contributed by atoms with Crippen LogP contribution in [0, 0.1) is 0 Å². The van der Waals surface area contributed by atoms with Crippen LogP contribution in [0.3, 0.4) is 0 Å². The van der Waals surface area contributed by atoms with Gasteiger partial charge in [-0.2, -0.15) is 0 Å². The van der Waals surface area contributed by atoms with Gasteiger partial charge in [0.15, 0.2) is 0 Å². The first-order chi connectivity index (χ1) is 7.66. The minimum absolute atomic E-state index is 0.0902. The van der Waals surface area contributed by atoms with E-state index in [0.717, 1.165) is 19.6 Å². The Morgan fingerprint density at radius 3 is 2.56 bits per heavy atom. The van der Waals surface area contributed by atoms with E-state index >= 15 is 0 Å². The molecule has 2 rings (SSSR count). The highest BCUT2D eigenvalue weighted by Crippen LogP contribution is 2.06. The van der Waals surface area contributed by atoms with E-state index in [1.165, 1.54) is 23.5 Å². The molecule has 1 aliphatic rings. The van der Waals surface area contributed by atoms with Gasteiger partial charge in [0, 0.05) is 19.2 Å². The van der Waals surface area contributed by atoms with E-state index in [2.05, 4.69) is 9.88 Å². The molecule has 1 aromatic heterocycles. The highest BCUT2D eigenvalue weighted by Gasteiger charge is 2.12. The molecule has 6 heteroatoms. The van der Waals surface area contributed by atoms with Gasteiger partial charge in [-0.1, -0.05) is 11.6 Å². The number of nitrogens with one attached hydrogen (secondary N) is 1. The average molecular weight is 244 g/mol. The summed E-state index contributed by atoms with van der Waals surface area (Å²) < 4.78 is 1.18. The monoisotopic (exact) mass is 243 g/mol. The minimum Gasteiger partial charge on any atom is -0.302 e. The van der Waals surface area contributed by atoms with Gasteiger partial charge in [0.05, 0.1) is 0 Å². The molecule has 2 heterocycles. The summed E-state index contributed by atoms with van der Waals surface area (Å²) in [6.07, 6.45) is 2.40. The van der Waals surface area contributed by atoms with E-state index < -0.39 is 5.69 Å². The van der Waals surface area contributed by atoms with E-state index in [9.17, 15) is 9.59 Å². The number of aromatic nitrogens is 2. The van der Waals surface area contributed by atoms with Gasteiger partial charge in [0.1, 0.15) is 5.15 Å². The smallest absolute Gasteiger partial charge is 0.302 e. The third-order valence-corrected chi connectivity index (χ3v) is 3.03.